The van der Waals surface area contributed by atoms with Crippen molar-refractivity contribution in [1.29, 1.82) is 0 Å². The van der Waals surface area contributed by atoms with E-state index < -0.39 is 366 Å². The molecule has 0 spiro atoms. The Morgan fingerprint density at radius 1 is 0.163 bits per heavy atom. The highest BCUT2D eigenvalue weighted by Crippen LogP contribution is 2.43. The predicted octanol–water partition coefficient (Wildman–Crippen LogP) is -3.18. The molecule has 0 amide bonds. The molecule has 0 aliphatic carbocycles. The lowest BCUT2D eigenvalue weighted by atomic mass is 9.95. The summed E-state index contributed by atoms with van der Waals surface area (Å²) in [6.07, 6.45) is -89.2. The first-order chi connectivity index (χ1) is 69.2. The number of aliphatic hydroxyl groups is 14. The fourth-order valence-corrected chi connectivity index (χ4v) is 23.3. The first kappa shape index (κ1) is 114. The van der Waals surface area contributed by atoms with E-state index in [2.05, 4.69) is 0 Å². The van der Waals surface area contributed by atoms with E-state index in [1.807, 2.05) is 0 Å². The maximum absolute atomic E-state index is 14.3. The van der Waals surface area contributed by atoms with Crippen LogP contribution in [0.2, 0.25) is 0 Å². The third-order valence-electron chi connectivity index (χ3n) is 25.4. The zero-order chi connectivity index (χ0) is 106. The van der Waals surface area contributed by atoms with Gasteiger partial charge in [0.1, 0.15) is 171 Å². The molecule has 49 nitrogen and oxygen atoms in total. The smallest absolute Gasteiger partial charge is 0.297 e. The van der Waals surface area contributed by atoms with Gasteiger partial charge in [0.15, 0.2) is 44.0 Å². The van der Waals surface area contributed by atoms with E-state index in [4.69, 9.17) is 95.6 Å². The van der Waals surface area contributed by atoms with Gasteiger partial charge >= 0.3 is 0 Å². The molecule has 0 saturated carbocycles. The Labute approximate surface area is 844 Å². The highest BCUT2D eigenvalue weighted by atomic mass is 32.2. The van der Waals surface area contributed by atoms with Crippen molar-refractivity contribution in [2.45, 2.75) is 298 Å². The molecule has 35 atom stereocenters. The summed E-state index contributed by atoms with van der Waals surface area (Å²) in [5.74, 6) is 0. The van der Waals surface area contributed by atoms with Crippen molar-refractivity contribution >= 4 is 70.8 Å². The summed E-state index contributed by atoms with van der Waals surface area (Å²) < 4.78 is 325. The molecule has 21 aliphatic heterocycles. The molecule has 0 radical (unpaired) electrons. The molecule has 14 bridgehead atoms. The molecule has 0 unspecified atom stereocenters. The monoisotopic (exact) mass is 2210 g/mol. The van der Waals surface area contributed by atoms with Crippen LogP contribution >= 0.6 is 0 Å². The average Bonchev–Trinajstić information content (AvgIpc) is 0.903. The van der Waals surface area contributed by atoms with Gasteiger partial charge in [0, 0.05) is 0 Å². The Morgan fingerprint density at radius 3 is 0.354 bits per heavy atom. The summed E-state index contributed by atoms with van der Waals surface area (Å²) in [5.41, 5.74) is 3.81. The van der Waals surface area contributed by atoms with Crippen LogP contribution < -0.4 is 0 Å². The van der Waals surface area contributed by atoms with E-state index in [0.717, 1.165) is 84.9 Å². The standard InChI is InChI=1S/C91H112O49S7/c1-43-8-22-50(23-9-43)141(106,107)120-36-57-78-64(92)71(99)85(127-57)135-79-58(37-121-142(108,109)51-24-10-44(2)11-25-51)129-87(73(101)66(79)94)137-81-60(39-123-144(112,113)53-28-14-46(4)15-29-53)131-89(75(103)68(81)96)139-83-62(41-125-146(116,117)55-32-18-48(6)19-33-55)133-91(77(105)70(83)98)140-84-63(42-126-147(118,119)56-34-20-49(7)21-35-56)132-90(76(104)69(84)97)138-82-61(40-124-145(114,115)54-30-16-47(5)17-31-54)130-88(74(102)67(82)95)136-80-59(128-86(134-78)72(100)65(80)93)38-122-143(110,111)52-26-12-45(3)13-27-52/h8-35,57-105H,36-42H2,1-7H3/t57-,58-,59-,60-,61-,62-,63-,64-,65-,66-,67-,68-,69-,70-,71-,72-,73-,74-,75-,76-,77-,78-,79-,80-,81-,82-,83-,84-,85-,86-,87-,88-,89-,90-,91-/m1/s1. The van der Waals surface area contributed by atoms with Gasteiger partial charge in [-0.1, -0.05) is 124 Å². The molecular formula is C91H112O49S7. The van der Waals surface area contributed by atoms with Crippen molar-refractivity contribution in [3.05, 3.63) is 209 Å². The SMILES string of the molecule is Cc1ccc(S(=O)(=O)OC[C@H]2O[C@@H]3O[C@H]4[C@H](O)[C@@H](O)[C@@H](O[C@H]5[C@H](O)[C@@H](O)[C@@H](O[C@H]6[C@H](O)[C@@H](O)[C@@H](O[C@H]7[C@H](O)[C@@H](O)[C@@H](O[C@H]8[C@H](O)[C@@H](O)[C@@H](O[C@H]9[C@H](O)[C@@H](O)[C@@H](O[C@H]2[C@H](O)[C@H]3O)O[C@@H]9COS(=O)(=O)c2ccc(C)cc2)O[C@@H]8COS(=O)(=O)c2ccc(C)cc2)O[C@@H]7COS(=O)(=O)c2ccc(C)cc2)O[C@@H]6COS(=O)(=O)c2ccc(C)cc2)O[C@@H]5COS(=O)(=O)c2ccc(C)cc2)O[C@@H]4COS(=O)(=O)c2ccc(C)cc2)cc1. The number of hydrogen-bond donors (Lipinski definition) is 14. The van der Waals surface area contributed by atoms with E-state index in [0.29, 0.717) is 38.9 Å². The van der Waals surface area contributed by atoms with Crippen molar-refractivity contribution in [2.75, 3.05) is 46.2 Å². The zero-order valence-corrected chi connectivity index (χ0v) is 84.4. The van der Waals surface area contributed by atoms with Crippen LogP contribution in [-0.2, 0) is 166 Å². The molecule has 28 rings (SSSR count). The summed E-state index contributed by atoms with van der Waals surface area (Å²) in [5, 5.41) is 176. The number of ether oxygens (including phenoxy) is 14. The second kappa shape index (κ2) is 46.6. The van der Waals surface area contributed by atoms with Crippen LogP contribution in [-0.4, -0.2) is 392 Å². The minimum Gasteiger partial charge on any atom is -0.387 e. The van der Waals surface area contributed by atoms with Crippen molar-refractivity contribution < 1.29 is 226 Å². The molecule has 7 aromatic carbocycles. The summed E-state index contributed by atoms with van der Waals surface area (Å²) >= 11 is 0. The van der Waals surface area contributed by atoms with Gasteiger partial charge < -0.3 is 138 Å². The lowest BCUT2D eigenvalue weighted by molar-refractivity contribution is -0.395. The molecule has 21 aliphatic rings. The van der Waals surface area contributed by atoms with Crippen LogP contribution in [0.25, 0.3) is 0 Å². The average molecular weight is 2210 g/mol. The van der Waals surface area contributed by atoms with E-state index in [1.54, 1.807) is 48.5 Å². The normalized spacial score (nSPS) is 35.3. The molecule has 14 N–H and O–H groups in total. The number of aryl methyl sites for hydroxylation is 7. The van der Waals surface area contributed by atoms with E-state index in [-0.39, 0.29) is 0 Å². The summed E-state index contributed by atoms with van der Waals surface area (Å²) in [6, 6.07) is 34.6. The highest BCUT2D eigenvalue weighted by molar-refractivity contribution is 7.88. The molecule has 812 valence electrons. The van der Waals surface area contributed by atoms with Gasteiger partial charge in [0.05, 0.1) is 80.5 Å². The molecule has 147 heavy (non-hydrogen) atoms. The first-order valence-electron chi connectivity index (χ1n) is 45.6. The Morgan fingerprint density at radius 2 is 0.259 bits per heavy atom. The van der Waals surface area contributed by atoms with Crippen LogP contribution in [0, 0.1) is 48.5 Å². The van der Waals surface area contributed by atoms with Crippen molar-refractivity contribution in [2.24, 2.45) is 0 Å². The zero-order valence-electron chi connectivity index (χ0n) is 78.7. The number of benzene rings is 7. The first-order valence-corrected chi connectivity index (χ1v) is 55.5. The van der Waals surface area contributed by atoms with Crippen LogP contribution in [0.5, 0.6) is 0 Å². The third-order valence-corrected chi connectivity index (χ3v) is 34.5. The van der Waals surface area contributed by atoms with Crippen molar-refractivity contribution in [1.82, 2.24) is 0 Å². The maximum atomic E-state index is 14.3. The largest absolute Gasteiger partial charge is 0.387 e. The molecule has 21 heterocycles. The summed E-state index contributed by atoms with van der Waals surface area (Å²) in [6.45, 7) is 1.46. The Balaban J connectivity index is 0.853. The van der Waals surface area contributed by atoms with E-state index >= 15 is 0 Å². The maximum Gasteiger partial charge on any atom is 0.297 e. The van der Waals surface area contributed by atoms with Crippen LogP contribution in [0.15, 0.2) is 204 Å². The minimum atomic E-state index is -5.03. The predicted molar refractivity (Wildman–Crippen MR) is 489 cm³/mol. The third kappa shape index (κ3) is 26.2. The number of hydrogen-bond acceptors (Lipinski definition) is 49. The molecule has 7 aromatic rings. The molecule has 0 aromatic heterocycles. The molecule has 21 fully saturated rings. The fourth-order valence-electron chi connectivity index (χ4n) is 16.8. The van der Waals surface area contributed by atoms with Gasteiger partial charge in [-0.15, -0.1) is 0 Å². The van der Waals surface area contributed by atoms with Crippen LogP contribution in [0.1, 0.15) is 38.9 Å². The topological polar surface area (TPSA) is 716 Å². The van der Waals surface area contributed by atoms with Crippen molar-refractivity contribution in [3.63, 3.8) is 0 Å². The molecule has 56 heteroatoms. The van der Waals surface area contributed by atoms with Gasteiger partial charge in [0.25, 0.3) is 70.8 Å². The minimum absolute atomic E-state index is 0.528. The number of aliphatic hydroxyl groups excluding tert-OH is 14. The van der Waals surface area contributed by atoms with E-state index in [1.165, 1.54) is 84.9 Å². The van der Waals surface area contributed by atoms with Gasteiger partial charge in [0.2, 0.25) is 0 Å². The Bertz CT molecular complexity index is 5380. The molecular weight excluding hydrogens is 2100 g/mol. The van der Waals surface area contributed by atoms with Crippen LogP contribution in [0.3, 0.4) is 0 Å². The van der Waals surface area contributed by atoms with Gasteiger partial charge in [-0.05, 0) is 133 Å². The van der Waals surface area contributed by atoms with Crippen molar-refractivity contribution in [3.8, 4) is 0 Å². The Kier molecular flexibility index (Phi) is 36.1. The summed E-state index contributed by atoms with van der Waals surface area (Å²) in [7, 11) is -35.2. The second-order valence-electron chi connectivity index (χ2n) is 36.2. The second-order valence-corrected chi connectivity index (χ2v) is 47.5. The lowest BCUT2D eigenvalue weighted by Crippen LogP contribution is -2.68. The van der Waals surface area contributed by atoms with Gasteiger partial charge in [-0.2, -0.15) is 58.9 Å². The lowest BCUT2D eigenvalue weighted by Gasteiger charge is -2.50. The molecule has 21 saturated heterocycles. The highest BCUT2D eigenvalue weighted by Gasteiger charge is 2.62. The number of rotatable bonds is 28. The van der Waals surface area contributed by atoms with Crippen LogP contribution in [0.4, 0.5) is 0 Å². The van der Waals surface area contributed by atoms with E-state index in [9.17, 15) is 130 Å². The Hall–Kier alpha value is -7.21. The quantitative estimate of drug-likeness (QED) is 0.0215. The van der Waals surface area contributed by atoms with Gasteiger partial charge in [-0.25, -0.2) is 0 Å². The fraction of sp³-hybridized carbons (Fsp3) is 0.538. The summed E-state index contributed by atoms with van der Waals surface area (Å²) in [4.78, 5) is -3.70. The van der Waals surface area contributed by atoms with Gasteiger partial charge in [-0.3, -0.25) is 29.3 Å².